The van der Waals surface area contributed by atoms with Crippen molar-refractivity contribution in [2.75, 3.05) is 6.54 Å². The molecule has 6 nitrogen and oxygen atoms in total. The summed E-state index contributed by atoms with van der Waals surface area (Å²) in [5, 5.41) is 2.77. The lowest BCUT2D eigenvalue weighted by Gasteiger charge is -2.23. The van der Waals surface area contributed by atoms with Gasteiger partial charge in [0.1, 0.15) is 6.10 Å². The van der Waals surface area contributed by atoms with Gasteiger partial charge in [-0.25, -0.2) is 4.79 Å². The SMILES string of the molecule is O=C(NCCc1ccccc1)O[C@H]1C[C@H](N2C(=O)C=CC2=O)c2ccccc21. The molecule has 1 aliphatic heterocycles. The molecule has 2 atom stereocenters. The first kappa shape index (κ1) is 18.0. The maximum Gasteiger partial charge on any atom is 0.407 e. The van der Waals surface area contributed by atoms with Crippen molar-refractivity contribution in [3.63, 3.8) is 0 Å². The fourth-order valence-electron chi connectivity index (χ4n) is 3.76. The van der Waals surface area contributed by atoms with E-state index in [-0.39, 0.29) is 11.8 Å². The lowest BCUT2D eigenvalue weighted by Crippen LogP contribution is -2.33. The molecule has 0 fully saturated rings. The molecule has 6 heteroatoms. The van der Waals surface area contributed by atoms with Gasteiger partial charge in [0.2, 0.25) is 0 Å². The largest absolute Gasteiger partial charge is 0.441 e. The number of carbonyl (C=O) groups is 3. The zero-order valence-electron chi connectivity index (χ0n) is 15.2. The average Bonchev–Trinajstić information content (AvgIpc) is 3.22. The second-order valence-electron chi connectivity index (χ2n) is 6.82. The normalized spacial score (nSPS) is 20.4. The van der Waals surface area contributed by atoms with E-state index in [2.05, 4.69) is 5.32 Å². The molecular weight excluding hydrogens is 356 g/mol. The molecule has 2 aliphatic rings. The second kappa shape index (κ2) is 7.68. The fourth-order valence-corrected chi connectivity index (χ4v) is 3.76. The summed E-state index contributed by atoms with van der Waals surface area (Å²) in [5.74, 6) is -0.671. The number of hydrogen-bond donors (Lipinski definition) is 1. The van der Waals surface area contributed by atoms with E-state index in [1.807, 2.05) is 54.6 Å². The van der Waals surface area contributed by atoms with E-state index in [4.69, 9.17) is 4.74 Å². The second-order valence-corrected chi connectivity index (χ2v) is 6.82. The van der Waals surface area contributed by atoms with E-state index in [9.17, 15) is 14.4 Å². The van der Waals surface area contributed by atoms with Crippen LogP contribution in [0.5, 0.6) is 0 Å². The van der Waals surface area contributed by atoms with Crippen molar-refractivity contribution in [1.29, 1.82) is 0 Å². The first-order valence-corrected chi connectivity index (χ1v) is 9.26. The molecule has 1 aliphatic carbocycles. The number of hydrogen-bond acceptors (Lipinski definition) is 4. The van der Waals surface area contributed by atoms with Gasteiger partial charge in [-0.3, -0.25) is 14.5 Å². The van der Waals surface area contributed by atoms with Crippen LogP contribution in [-0.4, -0.2) is 29.4 Å². The van der Waals surface area contributed by atoms with E-state index < -0.39 is 18.2 Å². The Morgan fingerprint density at radius 1 is 0.964 bits per heavy atom. The summed E-state index contributed by atoms with van der Waals surface area (Å²) in [6.45, 7) is 0.466. The maximum atomic E-state index is 12.3. The summed E-state index contributed by atoms with van der Waals surface area (Å²) in [5.41, 5.74) is 2.81. The summed E-state index contributed by atoms with van der Waals surface area (Å²) in [6, 6.07) is 16.9. The molecule has 0 saturated carbocycles. The van der Waals surface area contributed by atoms with Crippen molar-refractivity contribution in [2.45, 2.75) is 25.0 Å². The van der Waals surface area contributed by atoms with Crippen molar-refractivity contribution >= 4 is 17.9 Å². The first-order chi connectivity index (χ1) is 13.6. The minimum absolute atomic E-state index is 0.335. The van der Waals surface area contributed by atoms with E-state index in [0.717, 1.165) is 16.7 Å². The minimum Gasteiger partial charge on any atom is -0.441 e. The number of fused-ring (bicyclic) bond motifs is 1. The number of ether oxygens (including phenoxy) is 1. The molecule has 2 aromatic rings. The Hall–Kier alpha value is -3.41. The molecule has 0 aromatic heterocycles. The summed E-state index contributed by atoms with van der Waals surface area (Å²) in [6.07, 6.45) is 2.62. The number of imide groups is 1. The van der Waals surface area contributed by atoms with Crippen LogP contribution in [-0.2, 0) is 20.7 Å². The lowest BCUT2D eigenvalue weighted by atomic mass is 10.1. The smallest absolute Gasteiger partial charge is 0.407 e. The van der Waals surface area contributed by atoms with Crippen LogP contribution in [0.3, 0.4) is 0 Å². The van der Waals surface area contributed by atoms with Gasteiger partial charge in [-0.05, 0) is 23.1 Å². The van der Waals surface area contributed by atoms with Gasteiger partial charge in [-0.2, -0.15) is 0 Å². The first-order valence-electron chi connectivity index (χ1n) is 9.26. The predicted molar refractivity (Wildman–Crippen MR) is 102 cm³/mol. The summed E-state index contributed by atoms with van der Waals surface area (Å²) in [7, 11) is 0. The third-order valence-electron chi connectivity index (χ3n) is 5.07. The number of rotatable bonds is 5. The predicted octanol–water partition coefficient (Wildman–Crippen LogP) is 3.07. The van der Waals surface area contributed by atoms with Crippen LogP contribution in [0.25, 0.3) is 0 Å². The van der Waals surface area contributed by atoms with Crippen LogP contribution < -0.4 is 5.32 Å². The highest BCUT2D eigenvalue weighted by Gasteiger charge is 2.41. The Balaban J connectivity index is 1.40. The molecule has 1 N–H and O–H groups in total. The Kier molecular flexibility index (Phi) is 4.93. The number of carbonyl (C=O) groups excluding carboxylic acids is 3. The number of alkyl carbamates (subject to hydrolysis) is 1. The quantitative estimate of drug-likeness (QED) is 0.814. The fraction of sp³-hybridized carbons (Fsp3) is 0.227. The highest BCUT2D eigenvalue weighted by Crippen LogP contribution is 2.44. The highest BCUT2D eigenvalue weighted by atomic mass is 16.6. The van der Waals surface area contributed by atoms with E-state index >= 15 is 0 Å². The Morgan fingerprint density at radius 3 is 2.32 bits per heavy atom. The van der Waals surface area contributed by atoms with Crippen LogP contribution in [0.2, 0.25) is 0 Å². The third kappa shape index (κ3) is 3.53. The van der Waals surface area contributed by atoms with Crippen LogP contribution in [0.15, 0.2) is 66.7 Å². The summed E-state index contributed by atoms with van der Waals surface area (Å²) >= 11 is 0. The molecule has 0 saturated heterocycles. The topological polar surface area (TPSA) is 75.7 Å². The summed E-state index contributed by atoms with van der Waals surface area (Å²) in [4.78, 5) is 37.7. The summed E-state index contributed by atoms with van der Waals surface area (Å²) < 4.78 is 5.62. The van der Waals surface area contributed by atoms with Gasteiger partial charge in [0.15, 0.2) is 0 Å². The Bertz CT molecular complexity index is 921. The molecule has 142 valence electrons. The van der Waals surface area contributed by atoms with Gasteiger partial charge in [0, 0.05) is 25.1 Å². The highest BCUT2D eigenvalue weighted by molar-refractivity contribution is 6.13. The van der Waals surface area contributed by atoms with Crippen molar-refractivity contribution in [2.24, 2.45) is 0 Å². The van der Waals surface area contributed by atoms with Gasteiger partial charge in [0.25, 0.3) is 11.8 Å². The molecule has 0 radical (unpaired) electrons. The molecule has 4 rings (SSSR count). The van der Waals surface area contributed by atoms with Crippen molar-refractivity contribution < 1.29 is 19.1 Å². The van der Waals surface area contributed by atoms with E-state index in [1.165, 1.54) is 17.1 Å². The van der Waals surface area contributed by atoms with E-state index in [0.29, 0.717) is 19.4 Å². The maximum absolute atomic E-state index is 12.3. The minimum atomic E-state index is -0.506. The van der Waals surface area contributed by atoms with Crippen molar-refractivity contribution in [3.05, 3.63) is 83.4 Å². The Labute approximate surface area is 162 Å². The van der Waals surface area contributed by atoms with Gasteiger partial charge in [-0.1, -0.05) is 54.6 Å². The molecule has 28 heavy (non-hydrogen) atoms. The van der Waals surface area contributed by atoms with Crippen LogP contribution in [0.4, 0.5) is 4.79 Å². The molecule has 1 heterocycles. The number of benzene rings is 2. The van der Waals surface area contributed by atoms with Gasteiger partial charge < -0.3 is 10.1 Å². The third-order valence-corrected chi connectivity index (χ3v) is 5.07. The lowest BCUT2D eigenvalue weighted by molar-refractivity contribution is -0.139. The van der Waals surface area contributed by atoms with Gasteiger partial charge in [0.05, 0.1) is 6.04 Å². The number of nitrogens with zero attached hydrogens (tertiary/aromatic N) is 1. The van der Waals surface area contributed by atoms with Gasteiger partial charge in [-0.15, -0.1) is 0 Å². The van der Waals surface area contributed by atoms with Crippen LogP contribution >= 0.6 is 0 Å². The average molecular weight is 376 g/mol. The molecule has 0 bridgehead atoms. The van der Waals surface area contributed by atoms with Crippen LogP contribution in [0, 0.1) is 0 Å². The monoisotopic (exact) mass is 376 g/mol. The molecule has 0 unspecified atom stereocenters. The van der Waals surface area contributed by atoms with Crippen LogP contribution in [0.1, 0.15) is 35.3 Å². The van der Waals surface area contributed by atoms with E-state index in [1.54, 1.807) is 0 Å². The van der Waals surface area contributed by atoms with Crippen molar-refractivity contribution in [3.8, 4) is 0 Å². The Morgan fingerprint density at radius 2 is 1.61 bits per heavy atom. The van der Waals surface area contributed by atoms with Crippen molar-refractivity contribution in [1.82, 2.24) is 10.2 Å². The zero-order chi connectivity index (χ0) is 19.5. The molecular formula is C22H20N2O4. The zero-order valence-corrected chi connectivity index (χ0v) is 15.2. The number of amides is 3. The molecule has 3 amide bonds. The molecule has 2 aromatic carbocycles. The standard InChI is InChI=1S/C22H20N2O4/c25-20-10-11-21(26)24(20)18-14-19(17-9-5-4-8-16(17)18)28-22(27)23-13-12-15-6-2-1-3-7-15/h1-11,18-19H,12-14H2,(H,23,27)/t18-,19-/m0/s1. The molecule has 0 spiro atoms. The number of nitrogens with one attached hydrogen (secondary N) is 1. The van der Waals surface area contributed by atoms with Gasteiger partial charge >= 0.3 is 6.09 Å².